The minimum Gasteiger partial charge on any atom is -0.479 e. The first kappa shape index (κ1) is 12.5. The van der Waals surface area contributed by atoms with E-state index in [0.717, 1.165) is 24.4 Å². The van der Waals surface area contributed by atoms with Crippen LogP contribution in [0, 0.1) is 0 Å². The molecule has 2 N–H and O–H groups in total. The summed E-state index contributed by atoms with van der Waals surface area (Å²) < 4.78 is 5.10. The summed E-state index contributed by atoms with van der Waals surface area (Å²) in [6.45, 7) is 0. The number of hydrogen-bond donors (Lipinski definition) is 2. The molecule has 1 saturated heterocycles. The van der Waals surface area contributed by atoms with Gasteiger partial charge in [-0.3, -0.25) is 4.79 Å². The molecule has 19 heavy (non-hydrogen) atoms. The number of thioether (sulfide) groups is 1. The van der Waals surface area contributed by atoms with Crippen LogP contribution in [-0.4, -0.2) is 39.2 Å². The summed E-state index contributed by atoms with van der Waals surface area (Å²) in [7, 11) is 0. The van der Waals surface area contributed by atoms with Gasteiger partial charge in [0.2, 0.25) is 0 Å². The molecule has 1 aliphatic heterocycles. The maximum Gasteiger partial charge on any atom is 0.330 e. The topological polar surface area (TPSA) is 92.4 Å². The number of carbonyl (C=O) groups is 2. The Kier molecular flexibility index (Phi) is 3.00. The third-order valence-electron chi connectivity index (χ3n) is 3.52. The number of nitrogens with zero attached hydrogens (tertiary/aromatic N) is 1. The molecule has 2 heterocycles. The molecule has 102 valence electrons. The number of aromatic nitrogens is 1. The molecule has 0 radical (unpaired) electrons. The molecule has 2 fully saturated rings. The summed E-state index contributed by atoms with van der Waals surface area (Å²) in [5.41, 5.74) is -1.00. The van der Waals surface area contributed by atoms with Crippen molar-refractivity contribution in [1.29, 1.82) is 0 Å². The summed E-state index contributed by atoms with van der Waals surface area (Å²) in [6.07, 6.45) is 2.56. The Labute approximate surface area is 113 Å². The second kappa shape index (κ2) is 4.56. The van der Waals surface area contributed by atoms with E-state index in [1.807, 2.05) is 0 Å². The van der Waals surface area contributed by atoms with Crippen molar-refractivity contribution in [3.05, 3.63) is 17.5 Å². The van der Waals surface area contributed by atoms with Crippen LogP contribution < -0.4 is 5.32 Å². The normalized spacial score (nSPS) is 26.3. The Balaban J connectivity index is 1.73. The van der Waals surface area contributed by atoms with E-state index in [4.69, 9.17) is 4.52 Å². The van der Waals surface area contributed by atoms with Gasteiger partial charge in [0.1, 0.15) is 11.3 Å². The van der Waals surface area contributed by atoms with E-state index in [-0.39, 0.29) is 5.69 Å². The lowest BCUT2D eigenvalue weighted by atomic mass is 9.99. The lowest BCUT2D eigenvalue weighted by molar-refractivity contribution is -0.143. The highest BCUT2D eigenvalue weighted by Gasteiger charge is 2.44. The Morgan fingerprint density at radius 1 is 1.53 bits per heavy atom. The molecule has 0 spiro atoms. The Morgan fingerprint density at radius 2 is 2.32 bits per heavy atom. The van der Waals surface area contributed by atoms with Gasteiger partial charge < -0.3 is 14.9 Å². The van der Waals surface area contributed by atoms with E-state index in [2.05, 4.69) is 10.5 Å². The molecule has 1 aromatic rings. The third kappa shape index (κ3) is 2.34. The second-order valence-electron chi connectivity index (χ2n) is 5.03. The molecular formula is C12H14N2O4S. The maximum atomic E-state index is 12.1. The third-order valence-corrected chi connectivity index (χ3v) is 4.71. The largest absolute Gasteiger partial charge is 0.479 e. The summed E-state index contributed by atoms with van der Waals surface area (Å²) in [6, 6.07) is 1.62. The van der Waals surface area contributed by atoms with Crippen molar-refractivity contribution in [2.75, 3.05) is 11.5 Å². The van der Waals surface area contributed by atoms with Gasteiger partial charge in [-0.15, -0.1) is 0 Å². The summed E-state index contributed by atoms with van der Waals surface area (Å²) in [5.74, 6) is 0.761. The summed E-state index contributed by atoms with van der Waals surface area (Å²) in [5, 5.41) is 15.6. The van der Waals surface area contributed by atoms with E-state index in [9.17, 15) is 14.7 Å². The Hall–Kier alpha value is -1.50. The van der Waals surface area contributed by atoms with E-state index in [0.29, 0.717) is 18.1 Å². The molecule has 1 amide bonds. The van der Waals surface area contributed by atoms with Crippen molar-refractivity contribution in [2.45, 2.75) is 30.7 Å². The zero-order valence-electron chi connectivity index (χ0n) is 10.2. The molecule has 1 aliphatic carbocycles. The van der Waals surface area contributed by atoms with Gasteiger partial charge in [0.15, 0.2) is 5.69 Å². The molecule has 1 aromatic heterocycles. The summed E-state index contributed by atoms with van der Waals surface area (Å²) in [4.78, 5) is 23.4. The van der Waals surface area contributed by atoms with Gasteiger partial charge in [-0.2, -0.15) is 11.8 Å². The lowest BCUT2D eigenvalue weighted by Gasteiger charge is -2.23. The molecule has 1 atom stereocenters. The standard InChI is InChI=1S/C12H14N2O4S/c15-10(8-5-9(18-14-8)7-1-2-7)13-12(11(16)17)3-4-19-6-12/h5,7H,1-4,6H2,(H,13,15)(H,16,17)/t12-/m1/s1. The van der Waals surface area contributed by atoms with Crippen LogP contribution in [-0.2, 0) is 4.79 Å². The first-order valence-electron chi connectivity index (χ1n) is 6.21. The molecule has 1 saturated carbocycles. The van der Waals surface area contributed by atoms with Crippen LogP contribution in [0.25, 0.3) is 0 Å². The van der Waals surface area contributed by atoms with Crippen LogP contribution >= 0.6 is 11.8 Å². The molecule has 0 unspecified atom stereocenters. The van der Waals surface area contributed by atoms with Gasteiger partial charge >= 0.3 is 5.97 Å². The molecule has 6 nitrogen and oxygen atoms in total. The average Bonchev–Trinajstić information content (AvgIpc) is 2.93. The van der Waals surface area contributed by atoms with Crippen molar-refractivity contribution in [2.24, 2.45) is 0 Å². The predicted molar refractivity (Wildman–Crippen MR) is 68.3 cm³/mol. The van der Waals surface area contributed by atoms with Gasteiger partial charge in [-0.25, -0.2) is 4.79 Å². The maximum absolute atomic E-state index is 12.1. The number of rotatable bonds is 4. The zero-order valence-corrected chi connectivity index (χ0v) is 11.0. The minimum atomic E-state index is -1.17. The van der Waals surface area contributed by atoms with Crippen molar-refractivity contribution < 1.29 is 19.2 Å². The summed E-state index contributed by atoms with van der Waals surface area (Å²) >= 11 is 1.53. The molecule has 7 heteroatoms. The van der Waals surface area contributed by atoms with Crippen LogP contribution in [0.2, 0.25) is 0 Å². The van der Waals surface area contributed by atoms with Crippen molar-refractivity contribution >= 4 is 23.6 Å². The minimum absolute atomic E-state index is 0.166. The Bertz CT molecular complexity index is 518. The molecule has 0 bridgehead atoms. The fraction of sp³-hybridized carbons (Fsp3) is 0.583. The van der Waals surface area contributed by atoms with Crippen LogP contribution in [0.3, 0.4) is 0 Å². The van der Waals surface area contributed by atoms with E-state index in [1.165, 1.54) is 11.8 Å². The predicted octanol–water partition coefficient (Wildman–Crippen LogP) is 1.24. The lowest BCUT2D eigenvalue weighted by Crippen LogP contribution is -2.54. The molecule has 3 rings (SSSR count). The van der Waals surface area contributed by atoms with Crippen molar-refractivity contribution in [3.63, 3.8) is 0 Å². The first-order chi connectivity index (χ1) is 9.11. The highest BCUT2D eigenvalue weighted by atomic mass is 32.2. The van der Waals surface area contributed by atoms with Crippen LogP contribution in [0.1, 0.15) is 41.4 Å². The quantitative estimate of drug-likeness (QED) is 0.863. The number of carboxylic acids is 1. The van der Waals surface area contributed by atoms with Crippen LogP contribution in [0.15, 0.2) is 10.6 Å². The Morgan fingerprint density at radius 3 is 2.89 bits per heavy atom. The number of carbonyl (C=O) groups excluding carboxylic acids is 1. The number of aliphatic carboxylic acids is 1. The highest BCUT2D eigenvalue weighted by Crippen LogP contribution is 2.40. The van der Waals surface area contributed by atoms with E-state index < -0.39 is 17.4 Å². The van der Waals surface area contributed by atoms with Crippen molar-refractivity contribution in [3.8, 4) is 0 Å². The van der Waals surface area contributed by atoms with Crippen molar-refractivity contribution in [1.82, 2.24) is 10.5 Å². The van der Waals surface area contributed by atoms with Gasteiger partial charge in [0.25, 0.3) is 5.91 Å². The van der Waals surface area contributed by atoms with Gasteiger partial charge in [0, 0.05) is 17.7 Å². The van der Waals surface area contributed by atoms with Crippen LogP contribution in [0.5, 0.6) is 0 Å². The van der Waals surface area contributed by atoms with Crippen LogP contribution in [0.4, 0.5) is 0 Å². The molecular weight excluding hydrogens is 268 g/mol. The number of carboxylic acid groups (broad SMARTS) is 1. The SMILES string of the molecule is O=C(N[C@]1(C(=O)O)CCSC1)c1cc(C2CC2)on1. The van der Waals surface area contributed by atoms with Gasteiger partial charge in [-0.05, 0) is 25.0 Å². The smallest absolute Gasteiger partial charge is 0.330 e. The molecule has 2 aliphatic rings. The number of nitrogens with one attached hydrogen (secondary N) is 1. The first-order valence-corrected chi connectivity index (χ1v) is 7.36. The fourth-order valence-electron chi connectivity index (χ4n) is 2.12. The van der Waals surface area contributed by atoms with Gasteiger partial charge in [-0.1, -0.05) is 5.16 Å². The van der Waals surface area contributed by atoms with E-state index in [1.54, 1.807) is 6.07 Å². The number of amides is 1. The van der Waals surface area contributed by atoms with E-state index >= 15 is 0 Å². The zero-order chi connectivity index (χ0) is 13.5. The number of hydrogen-bond acceptors (Lipinski definition) is 5. The highest BCUT2D eigenvalue weighted by molar-refractivity contribution is 7.99. The monoisotopic (exact) mass is 282 g/mol. The fourth-order valence-corrected chi connectivity index (χ4v) is 3.45. The average molecular weight is 282 g/mol. The van der Waals surface area contributed by atoms with Gasteiger partial charge in [0.05, 0.1) is 0 Å². The molecule has 0 aromatic carbocycles. The second-order valence-corrected chi connectivity index (χ2v) is 6.14.